The molecule has 6 atom stereocenters. The number of phenolic OH excluding ortho intramolecular Hbond substituents is 1. The van der Waals surface area contributed by atoms with E-state index in [9.17, 15) is 45.0 Å². The van der Waals surface area contributed by atoms with E-state index in [1.165, 1.54) is 44.1 Å². The summed E-state index contributed by atoms with van der Waals surface area (Å²) in [5.41, 5.74) is -1.78. The molecule has 0 aromatic heterocycles. The van der Waals surface area contributed by atoms with Gasteiger partial charge in [0.25, 0.3) is 5.91 Å². The number of carbonyl (C=O) groups is 3. The van der Waals surface area contributed by atoms with E-state index in [0.717, 1.165) is 0 Å². The number of benzene rings is 1. The van der Waals surface area contributed by atoms with Gasteiger partial charge in [0, 0.05) is 0 Å². The zero-order valence-electron chi connectivity index (χ0n) is 18.0. The van der Waals surface area contributed by atoms with E-state index in [2.05, 4.69) is 0 Å². The molecule has 176 valence electrons. The standard InChI is InChI=1S/C22H24N2O9/c1-21(32)7-5-4-6-8(25)9(7)15(26)10-12(21)17(28)13-14(24(2)3)16(27)11(20(23)31)19(30)22(13,33)18(10)29/h4-6,12-14,17,25-26,28,30,32-33H,1-3H3,(H2,23,31)/t12?,13?,14-,17?,21-,22+/m1/s1. The Hall–Kier alpha value is -3.25. The highest BCUT2D eigenvalue weighted by Gasteiger charge is 2.70. The lowest BCUT2D eigenvalue weighted by Crippen LogP contribution is -2.71. The number of aliphatic hydroxyl groups excluding tert-OH is 3. The summed E-state index contributed by atoms with van der Waals surface area (Å²) in [6, 6.07) is 2.50. The lowest BCUT2D eigenvalue weighted by atomic mass is 9.53. The molecule has 1 aromatic rings. The predicted molar refractivity (Wildman–Crippen MR) is 112 cm³/mol. The molecule has 0 radical (unpaired) electrons. The van der Waals surface area contributed by atoms with E-state index >= 15 is 0 Å². The summed E-state index contributed by atoms with van der Waals surface area (Å²) in [6.07, 6.45) is -1.87. The summed E-state index contributed by atoms with van der Waals surface area (Å²) in [7, 11) is 2.80. The van der Waals surface area contributed by atoms with Crippen molar-refractivity contribution in [2.75, 3.05) is 14.1 Å². The average Bonchev–Trinajstić information content (AvgIpc) is 2.70. The summed E-state index contributed by atoms with van der Waals surface area (Å²) >= 11 is 0. The highest BCUT2D eigenvalue weighted by atomic mass is 16.4. The van der Waals surface area contributed by atoms with Crippen molar-refractivity contribution in [3.05, 3.63) is 46.2 Å². The maximum absolute atomic E-state index is 13.7. The van der Waals surface area contributed by atoms with Crippen molar-refractivity contribution < 1.29 is 45.0 Å². The van der Waals surface area contributed by atoms with Crippen molar-refractivity contribution in [2.45, 2.75) is 30.3 Å². The van der Waals surface area contributed by atoms with Crippen molar-refractivity contribution in [1.82, 2.24) is 4.90 Å². The van der Waals surface area contributed by atoms with E-state index < -0.39 is 81.1 Å². The van der Waals surface area contributed by atoms with Gasteiger partial charge in [-0.3, -0.25) is 19.3 Å². The van der Waals surface area contributed by atoms with Crippen LogP contribution in [0.15, 0.2) is 35.1 Å². The second-order valence-corrected chi connectivity index (χ2v) is 9.06. The number of aliphatic hydroxyl groups is 5. The molecule has 0 spiro atoms. The molecule has 0 aliphatic heterocycles. The Morgan fingerprint density at radius 3 is 2.27 bits per heavy atom. The van der Waals surface area contributed by atoms with E-state index in [1.807, 2.05) is 0 Å². The molecule has 8 N–H and O–H groups in total. The van der Waals surface area contributed by atoms with Gasteiger partial charge >= 0.3 is 0 Å². The van der Waals surface area contributed by atoms with Crippen LogP contribution < -0.4 is 5.73 Å². The van der Waals surface area contributed by atoms with E-state index in [-0.39, 0.29) is 11.1 Å². The highest BCUT2D eigenvalue weighted by Crippen LogP contribution is 2.57. The number of nitrogens with two attached hydrogens (primary N) is 1. The Morgan fingerprint density at radius 2 is 1.73 bits per heavy atom. The number of likely N-dealkylation sites (N-methyl/N-ethyl adjacent to an activating group) is 1. The molecule has 1 fully saturated rings. The fourth-order valence-corrected chi connectivity index (χ4v) is 5.60. The molecule has 11 heteroatoms. The second kappa shape index (κ2) is 6.87. The van der Waals surface area contributed by atoms with Crippen LogP contribution in [0.1, 0.15) is 18.1 Å². The number of hydrogen-bond acceptors (Lipinski definition) is 10. The lowest BCUT2D eigenvalue weighted by molar-refractivity contribution is -0.181. The van der Waals surface area contributed by atoms with Crippen LogP contribution in [0.2, 0.25) is 0 Å². The average molecular weight is 460 g/mol. The smallest absolute Gasteiger partial charge is 0.255 e. The lowest BCUT2D eigenvalue weighted by Gasteiger charge is -2.55. The molecule has 3 unspecified atom stereocenters. The third-order valence-electron chi connectivity index (χ3n) is 7.03. The van der Waals surface area contributed by atoms with Gasteiger partial charge in [0.05, 0.1) is 40.7 Å². The normalized spacial score (nSPS) is 36.0. The SMILES string of the molecule is CN(C)[C@H]1C(=O)C(C(N)=O)=C(O)[C@@]2(O)C(=O)C3=C(O)c4c(O)cccc4[C@@](C)(O)C3C(O)C12. The van der Waals surface area contributed by atoms with Gasteiger partial charge in [-0.25, -0.2) is 0 Å². The molecule has 3 aliphatic rings. The van der Waals surface area contributed by atoms with Gasteiger partial charge in [-0.2, -0.15) is 0 Å². The number of amides is 1. The summed E-state index contributed by atoms with van der Waals surface area (Å²) < 4.78 is 0. The van der Waals surface area contributed by atoms with E-state index in [4.69, 9.17) is 5.73 Å². The molecule has 3 aliphatic carbocycles. The van der Waals surface area contributed by atoms with Gasteiger partial charge < -0.3 is 36.4 Å². The molecular formula is C22H24N2O9. The predicted octanol–water partition coefficient (Wildman–Crippen LogP) is -1.40. The van der Waals surface area contributed by atoms with Crippen molar-refractivity contribution in [1.29, 1.82) is 0 Å². The van der Waals surface area contributed by atoms with Crippen LogP contribution in [0.4, 0.5) is 0 Å². The third-order valence-corrected chi connectivity index (χ3v) is 7.03. The number of aromatic hydroxyl groups is 1. The number of nitrogens with zero attached hydrogens (tertiary/aromatic N) is 1. The molecular weight excluding hydrogens is 436 g/mol. The van der Waals surface area contributed by atoms with Crippen LogP contribution >= 0.6 is 0 Å². The Bertz CT molecular complexity index is 1180. The molecule has 0 saturated heterocycles. The first-order chi connectivity index (χ1) is 15.2. The molecule has 11 nitrogen and oxygen atoms in total. The van der Waals surface area contributed by atoms with Crippen molar-refractivity contribution in [3.8, 4) is 5.75 Å². The van der Waals surface area contributed by atoms with Crippen molar-refractivity contribution in [2.24, 2.45) is 17.6 Å². The van der Waals surface area contributed by atoms with Gasteiger partial charge in [-0.15, -0.1) is 0 Å². The van der Waals surface area contributed by atoms with E-state index in [1.54, 1.807) is 0 Å². The number of Topliss-reactive ketones (excluding diaryl/α,β-unsaturated/α-hetero) is 2. The first-order valence-electron chi connectivity index (χ1n) is 10.1. The van der Waals surface area contributed by atoms with Crippen LogP contribution in [0, 0.1) is 11.8 Å². The zero-order valence-corrected chi connectivity index (χ0v) is 18.0. The summed E-state index contributed by atoms with van der Waals surface area (Å²) in [6.45, 7) is 1.25. The van der Waals surface area contributed by atoms with Crippen molar-refractivity contribution >= 4 is 23.2 Å². The monoisotopic (exact) mass is 460 g/mol. The topological polar surface area (TPSA) is 202 Å². The Labute approximate surface area is 187 Å². The second-order valence-electron chi connectivity index (χ2n) is 9.06. The number of fused-ring (bicyclic) bond motifs is 3. The Kier molecular flexibility index (Phi) is 4.78. The quantitative estimate of drug-likeness (QED) is 0.257. The molecule has 4 rings (SSSR count). The fourth-order valence-electron chi connectivity index (χ4n) is 5.60. The third kappa shape index (κ3) is 2.61. The number of ketones is 2. The van der Waals surface area contributed by atoms with Crippen LogP contribution in [-0.2, 0) is 20.0 Å². The number of rotatable bonds is 2. The molecule has 0 heterocycles. The van der Waals surface area contributed by atoms with Gasteiger partial charge in [0.2, 0.25) is 5.78 Å². The largest absolute Gasteiger partial charge is 0.508 e. The van der Waals surface area contributed by atoms with Gasteiger partial charge in [0.1, 0.15) is 22.8 Å². The maximum Gasteiger partial charge on any atom is 0.255 e. The maximum atomic E-state index is 13.7. The van der Waals surface area contributed by atoms with Crippen LogP contribution in [-0.4, -0.2) is 84.9 Å². The molecule has 1 saturated carbocycles. The number of hydrogen-bond donors (Lipinski definition) is 7. The number of carbonyl (C=O) groups excluding carboxylic acids is 3. The van der Waals surface area contributed by atoms with Gasteiger partial charge in [-0.1, -0.05) is 12.1 Å². The molecule has 33 heavy (non-hydrogen) atoms. The summed E-state index contributed by atoms with van der Waals surface area (Å²) in [4.78, 5) is 39.9. The minimum absolute atomic E-state index is 0.00664. The minimum atomic E-state index is -3.02. The van der Waals surface area contributed by atoms with Gasteiger partial charge in [0.15, 0.2) is 11.4 Å². The zero-order chi connectivity index (χ0) is 24.8. The van der Waals surface area contributed by atoms with Crippen LogP contribution in [0.3, 0.4) is 0 Å². The van der Waals surface area contributed by atoms with Crippen LogP contribution in [0.25, 0.3) is 5.76 Å². The first kappa shape index (κ1) is 22.9. The fraction of sp³-hybridized carbons (Fsp3) is 0.409. The van der Waals surface area contributed by atoms with E-state index in [0.29, 0.717) is 0 Å². The first-order valence-corrected chi connectivity index (χ1v) is 10.1. The molecule has 1 aromatic carbocycles. The summed E-state index contributed by atoms with van der Waals surface area (Å²) in [5, 5.41) is 66.3. The Balaban J connectivity index is 2.11. The Morgan fingerprint density at radius 1 is 1.12 bits per heavy atom. The molecule has 1 amide bonds. The van der Waals surface area contributed by atoms with Crippen molar-refractivity contribution in [3.63, 3.8) is 0 Å². The minimum Gasteiger partial charge on any atom is -0.508 e. The van der Waals surface area contributed by atoms with Gasteiger partial charge in [-0.05, 0) is 32.6 Å². The summed E-state index contributed by atoms with van der Waals surface area (Å²) in [5.74, 6) is -9.67. The van der Waals surface area contributed by atoms with Crippen LogP contribution in [0.5, 0.6) is 5.75 Å². The number of phenols is 1. The highest BCUT2D eigenvalue weighted by molar-refractivity contribution is 6.24. The molecule has 0 bridgehead atoms. The number of primary amides is 1.